The van der Waals surface area contributed by atoms with Crippen LogP contribution in [0.4, 0.5) is 41.6 Å². The van der Waals surface area contributed by atoms with Crippen LogP contribution in [0.2, 0.25) is 0 Å². The van der Waals surface area contributed by atoms with Gasteiger partial charge in [-0.1, -0.05) is 12.1 Å². The van der Waals surface area contributed by atoms with E-state index in [-0.39, 0.29) is 17.2 Å². The summed E-state index contributed by atoms with van der Waals surface area (Å²) >= 11 is 0. The zero-order valence-electron chi connectivity index (χ0n) is 23.7. The molecule has 0 spiro atoms. The summed E-state index contributed by atoms with van der Waals surface area (Å²) in [7, 11) is 0. The first-order valence-corrected chi connectivity index (χ1v) is 14.2. The lowest BCUT2D eigenvalue weighted by Crippen LogP contribution is -2.36. The van der Waals surface area contributed by atoms with Gasteiger partial charge in [-0.15, -0.1) is 0 Å². The SMILES string of the molecule is N#Cc1c[nH]c(C=C2C(=O)Nc3cc(Nc4cccc(NC(=O)c5cc(N6CCC(O)CC6)cc(C(F)(F)F)c5)c4)ccc32)c1. The van der Waals surface area contributed by atoms with Crippen molar-refractivity contribution in [2.45, 2.75) is 25.1 Å². The zero-order chi connectivity index (χ0) is 31.7. The smallest absolute Gasteiger partial charge is 0.393 e. The second-order valence-electron chi connectivity index (χ2n) is 10.9. The molecular formula is C33H27F3N6O3. The number of carbonyl (C=O) groups excluding carboxylic acids is 2. The van der Waals surface area contributed by atoms with Crippen molar-refractivity contribution in [3.05, 3.63) is 101 Å². The summed E-state index contributed by atoms with van der Waals surface area (Å²) in [6, 6.07) is 19.0. The molecule has 2 aliphatic heterocycles. The number of aliphatic hydroxyl groups is 1. The summed E-state index contributed by atoms with van der Waals surface area (Å²) in [5.41, 5.74) is 3.65. The van der Waals surface area contributed by atoms with Gasteiger partial charge >= 0.3 is 6.18 Å². The third-order valence-corrected chi connectivity index (χ3v) is 7.68. The van der Waals surface area contributed by atoms with Crippen molar-refractivity contribution < 1.29 is 27.9 Å². The minimum absolute atomic E-state index is 0.134. The minimum Gasteiger partial charge on any atom is -0.393 e. The van der Waals surface area contributed by atoms with Crippen LogP contribution in [0, 0.1) is 11.3 Å². The van der Waals surface area contributed by atoms with Crippen molar-refractivity contribution in [2.24, 2.45) is 0 Å². The molecule has 0 aliphatic carbocycles. The van der Waals surface area contributed by atoms with E-state index in [1.54, 1.807) is 65.7 Å². The molecule has 3 heterocycles. The molecule has 0 radical (unpaired) electrons. The fourth-order valence-corrected chi connectivity index (χ4v) is 5.39. The van der Waals surface area contributed by atoms with Crippen molar-refractivity contribution in [1.29, 1.82) is 5.26 Å². The Morgan fingerprint density at radius 3 is 2.51 bits per heavy atom. The molecule has 2 aliphatic rings. The van der Waals surface area contributed by atoms with Gasteiger partial charge in [0.2, 0.25) is 0 Å². The van der Waals surface area contributed by atoms with Gasteiger partial charge in [0.25, 0.3) is 11.8 Å². The molecule has 5 N–H and O–H groups in total. The van der Waals surface area contributed by atoms with Crippen molar-refractivity contribution in [2.75, 3.05) is 33.9 Å². The van der Waals surface area contributed by atoms with Gasteiger partial charge < -0.3 is 30.9 Å². The molecule has 228 valence electrons. The molecule has 9 nitrogen and oxygen atoms in total. The number of alkyl halides is 3. The molecule has 2 amide bonds. The Bertz CT molecular complexity index is 1870. The number of anilines is 5. The molecule has 12 heteroatoms. The van der Waals surface area contributed by atoms with Gasteiger partial charge in [0.05, 0.1) is 28.5 Å². The van der Waals surface area contributed by atoms with E-state index in [1.165, 1.54) is 6.07 Å². The summed E-state index contributed by atoms with van der Waals surface area (Å²) in [4.78, 5) is 30.5. The normalized spacial score (nSPS) is 15.8. The molecule has 1 fully saturated rings. The highest BCUT2D eigenvalue weighted by Gasteiger charge is 2.33. The van der Waals surface area contributed by atoms with Gasteiger partial charge in [-0.3, -0.25) is 9.59 Å². The number of aliphatic hydroxyl groups excluding tert-OH is 1. The number of aromatic amines is 1. The minimum atomic E-state index is -4.64. The lowest BCUT2D eigenvalue weighted by atomic mass is 10.0. The van der Waals surface area contributed by atoms with Crippen LogP contribution < -0.4 is 20.9 Å². The zero-order valence-corrected chi connectivity index (χ0v) is 23.7. The number of amides is 2. The van der Waals surface area contributed by atoms with Gasteiger partial charge in [-0.2, -0.15) is 18.4 Å². The fraction of sp³-hybridized carbons (Fsp3) is 0.182. The number of nitrogens with zero attached hydrogens (tertiary/aromatic N) is 2. The summed E-state index contributed by atoms with van der Waals surface area (Å²) in [6.45, 7) is 0.772. The number of H-pyrrole nitrogens is 1. The first kappa shape index (κ1) is 29.5. The second-order valence-corrected chi connectivity index (χ2v) is 10.9. The van der Waals surface area contributed by atoms with Crippen molar-refractivity contribution in [1.82, 2.24) is 4.98 Å². The molecule has 0 bridgehead atoms. The Kier molecular flexibility index (Phi) is 7.78. The Hall–Kier alpha value is -5.54. The van der Waals surface area contributed by atoms with Crippen LogP contribution in [0.5, 0.6) is 0 Å². The Labute approximate surface area is 256 Å². The van der Waals surface area contributed by atoms with Gasteiger partial charge in [0, 0.05) is 58.9 Å². The van der Waals surface area contributed by atoms with Crippen LogP contribution in [-0.2, 0) is 11.0 Å². The fourth-order valence-electron chi connectivity index (χ4n) is 5.39. The van der Waals surface area contributed by atoms with E-state index in [0.29, 0.717) is 71.1 Å². The number of hydrogen-bond acceptors (Lipinski definition) is 6. The molecule has 0 unspecified atom stereocenters. The number of halogens is 3. The lowest BCUT2D eigenvalue weighted by molar-refractivity contribution is -0.137. The number of carbonyl (C=O) groups is 2. The molecule has 3 aromatic carbocycles. The van der Waals surface area contributed by atoms with Crippen LogP contribution in [0.1, 0.15) is 45.6 Å². The third kappa shape index (κ3) is 6.53. The van der Waals surface area contributed by atoms with E-state index >= 15 is 0 Å². The van der Waals surface area contributed by atoms with E-state index in [1.807, 2.05) is 6.07 Å². The number of aromatic nitrogens is 1. The van der Waals surface area contributed by atoms with Crippen LogP contribution in [-0.4, -0.2) is 41.1 Å². The number of rotatable bonds is 6. The maximum atomic E-state index is 13.7. The molecule has 0 atom stereocenters. The molecule has 6 rings (SSSR count). The number of piperidine rings is 1. The van der Waals surface area contributed by atoms with E-state index in [2.05, 4.69) is 20.9 Å². The van der Waals surface area contributed by atoms with Gasteiger partial charge in [0.1, 0.15) is 6.07 Å². The second kappa shape index (κ2) is 11.9. The Morgan fingerprint density at radius 2 is 1.78 bits per heavy atom. The predicted octanol–water partition coefficient (Wildman–Crippen LogP) is 6.35. The van der Waals surface area contributed by atoms with E-state index in [9.17, 15) is 27.9 Å². The maximum Gasteiger partial charge on any atom is 0.416 e. The Morgan fingerprint density at radius 1 is 1.02 bits per heavy atom. The lowest BCUT2D eigenvalue weighted by Gasteiger charge is -2.32. The highest BCUT2D eigenvalue weighted by atomic mass is 19.4. The Balaban J connectivity index is 1.18. The van der Waals surface area contributed by atoms with E-state index < -0.39 is 23.8 Å². The summed E-state index contributed by atoms with van der Waals surface area (Å²) < 4.78 is 41.2. The summed E-state index contributed by atoms with van der Waals surface area (Å²) in [6.07, 6.45) is -1.03. The number of benzene rings is 3. The molecule has 0 saturated carbocycles. The van der Waals surface area contributed by atoms with Gasteiger partial charge in [-0.25, -0.2) is 0 Å². The topological polar surface area (TPSA) is 133 Å². The number of nitrogens with one attached hydrogen (secondary N) is 4. The van der Waals surface area contributed by atoms with Crippen molar-refractivity contribution in [3.63, 3.8) is 0 Å². The highest BCUT2D eigenvalue weighted by molar-refractivity contribution is 6.35. The van der Waals surface area contributed by atoms with Crippen molar-refractivity contribution >= 4 is 51.9 Å². The van der Waals surface area contributed by atoms with Crippen molar-refractivity contribution in [3.8, 4) is 6.07 Å². The first-order chi connectivity index (χ1) is 21.6. The average Bonchev–Trinajstić information content (AvgIpc) is 3.60. The number of hydrogen-bond donors (Lipinski definition) is 5. The number of nitriles is 1. The molecular weight excluding hydrogens is 585 g/mol. The highest BCUT2D eigenvalue weighted by Crippen LogP contribution is 2.37. The van der Waals surface area contributed by atoms with E-state index in [0.717, 1.165) is 12.1 Å². The summed E-state index contributed by atoms with van der Waals surface area (Å²) in [5, 5.41) is 27.6. The monoisotopic (exact) mass is 612 g/mol. The molecule has 4 aromatic rings. The molecule has 45 heavy (non-hydrogen) atoms. The van der Waals surface area contributed by atoms with Crippen LogP contribution >= 0.6 is 0 Å². The van der Waals surface area contributed by atoms with Crippen LogP contribution in [0.3, 0.4) is 0 Å². The average molecular weight is 613 g/mol. The predicted molar refractivity (Wildman–Crippen MR) is 165 cm³/mol. The van der Waals surface area contributed by atoms with Gasteiger partial charge in [0.15, 0.2) is 0 Å². The van der Waals surface area contributed by atoms with Gasteiger partial charge in [-0.05, 0) is 73.5 Å². The largest absolute Gasteiger partial charge is 0.416 e. The van der Waals surface area contributed by atoms with E-state index in [4.69, 9.17) is 5.26 Å². The van der Waals surface area contributed by atoms with Crippen LogP contribution in [0.25, 0.3) is 11.6 Å². The first-order valence-electron chi connectivity index (χ1n) is 14.2. The molecule has 1 aromatic heterocycles. The standard InChI is InChI=1S/C33H27F3N6O3/c34-33(35,36)21-11-20(12-26(13-21)42-8-6-27(43)7-9-42)31(44)40-23-3-1-2-22(14-23)39-24-4-5-28-29(32(45)41-30(28)16-24)15-25-10-19(17-37)18-38-25/h1-5,10-16,18,27,38-39,43H,6-9H2,(H,40,44)(H,41,45). The summed E-state index contributed by atoms with van der Waals surface area (Å²) in [5.74, 6) is -0.976. The number of fused-ring (bicyclic) bond motifs is 1. The third-order valence-electron chi connectivity index (χ3n) is 7.68. The maximum absolute atomic E-state index is 13.7. The molecule has 1 saturated heterocycles. The quantitative estimate of drug-likeness (QED) is 0.161. The van der Waals surface area contributed by atoms with Crippen LogP contribution in [0.15, 0.2) is 72.9 Å².